The Morgan fingerprint density at radius 3 is 2.15 bits per heavy atom. The van der Waals surface area contributed by atoms with Gasteiger partial charge in [-0.25, -0.2) is 8.42 Å². The van der Waals surface area contributed by atoms with Crippen LogP contribution in [-0.2, 0) is 34.0 Å². The number of benzene rings is 1. The number of hydrogen-bond donors (Lipinski definition) is 4. The van der Waals surface area contributed by atoms with E-state index in [1.54, 1.807) is 18.2 Å². The number of sulfonamides is 1. The van der Waals surface area contributed by atoms with Crippen molar-refractivity contribution in [1.29, 1.82) is 0 Å². The molecule has 1 heterocycles. The Kier molecular flexibility index (Phi) is 10.1. The lowest BCUT2D eigenvalue weighted by molar-refractivity contribution is -0.146. The maximum Gasteiger partial charge on any atom is 0.287 e. The van der Waals surface area contributed by atoms with E-state index in [1.807, 2.05) is 34.6 Å². The van der Waals surface area contributed by atoms with Crippen LogP contribution in [-0.4, -0.2) is 73.4 Å². The average Bonchev–Trinajstić information content (AvgIpc) is 3.89. The van der Waals surface area contributed by atoms with Crippen molar-refractivity contribution in [3.63, 3.8) is 0 Å². The number of fused-ring (bicyclic) bond motifs is 1. The monoisotopic (exact) mass is 685 g/mol. The van der Waals surface area contributed by atoms with Gasteiger partial charge in [-0.1, -0.05) is 84.9 Å². The first kappa shape index (κ1) is 36.0. The highest BCUT2D eigenvalue weighted by atomic mass is 32.2. The molecule has 1 saturated heterocycles. The standard InChI is InChI=1S/C35H51N5O7S/c1-34(2,3)29(38-31(43)26(21-12-8-6-9-13-21)39-48(46,47)22-14-10-7-11-15-22)33(45)40-19-23-25(35(23,4)5)27(40)32(44)37-24(18-20-16-17-20)28(41)30(36)42/h7,10-11,14-15,20-21,23-27,29,39H,6,8-9,12-13,16-19H2,1-5H3,(H2,36,42)(H,37,44)(H,38,43)/t23-,24?,25-,26-,27-,29+/m0/s1. The minimum absolute atomic E-state index is 0.0370. The summed E-state index contributed by atoms with van der Waals surface area (Å²) < 4.78 is 29.5. The summed E-state index contributed by atoms with van der Waals surface area (Å²) in [6.07, 6.45) is 6.20. The van der Waals surface area contributed by atoms with E-state index in [1.165, 1.54) is 17.0 Å². The molecule has 12 nitrogen and oxygen atoms in total. The zero-order valence-corrected chi connectivity index (χ0v) is 29.5. The summed E-state index contributed by atoms with van der Waals surface area (Å²) in [7, 11) is -4.04. The molecule has 3 saturated carbocycles. The Morgan fingerprint density at radius 2 is 1.58 bits per heavy atom. The molecule has 0 bridgehead atoms. The second kappa shape index (κ2) is 13.5. The summed E-state index contributed by atoms with van der Waals surface area (Å²) in [4.78, 5) is 68.6. The van der Waals surface area contributed by atoms with E-state index in [-0.39, 0.29) is 34.0 Å². The van der Waals surface area contributed by atoms with Crippen LogP contribution >= 0.6 is 0 Å². The summed E-state index contributed by atoms with van der Waals surface area (Å²) >= 11 is 0. The first-order chi connectivity index (χ1) is 22.4. The number of piperidine rings is 1. The Bertz CT molecular complexity index is 1530. The molecule has 4 aliphatic rings. The second-order valence-corrected chi connectivity index (χ2v) is 17.7. The lowest BCUT2D eigenvalue weighted by Gasteiger charge is -2.39. The van der Waals surface area contributed by atoms with Gasteiger partial charge in [0.1, 0.15) is 18.1 Å². The molecule has 6 atom stereocenters. The van der Waals surface area contributed by atoms with E-state index in [0.717, 1.165) is 32.1 Å². The minimum Gasteiger partial charge on any atom is -0.363 e. The number of nitrogens with zero attached hydrogens (tertiary/aromatic N) is 1. The summed E-state index contributed by atoms with van der Waals surface area (Å²) in [6, 6.07) is 3.73. The van der Waals surface area contributed by atoms with Crippen LogP contribution in [0.2, 0.25) is 0 Å². The molecular weight excluding hydrogens is 634 g/mol. The highest BCUT2D eigenvalue weighted by Crippen LogP contribution is 2.65. The molecule has 48 heavy (non-hydrogen) atoms. The van der Waals surface area contributed by atoms with Crippen molar-refractivity contribution in [2.45, 2.75) is 115 Å². The summed E-state index contributed by atoms with van der Waals surface area (Å²) in [5.74, 6) is -3.69. The highest BCUT2D eigenvalue weighted by Gasteiger charge is 2.70. The molecule has 1 aromatic rings. The van der Waals surface area contributed by atoms with Crippen molar-refractivity contribution in [1.82, 2.24) is 20.3 Å². The largest absolute Gasteiger partial charge is 0.363 e. The predicted octanol–water partition coefficient (Wildman–Crippen LogP) is 2.27. The Labute approximate surface area is 283 Å². The molecule has 1 unspecified atom stereocenters. The fourth-order valence-corrected chi connectivity index (χ4v) is 9.16. The maximum atomic E-state index is 14.5. The smallest absolute Gasteiger partial charge is 0.287 e. The number of carbonyl (C=O) groups is 5. The van der Waals surface area contributed by atoms with Crippen molar-refractivity contribution in [2.24, 2.45) is 40.2 Å². The topological polar surface area (TPSA) is 185 Å². The van der Waals surface area contributed by atoms with Crippen molar-refractivity contribution >= 4 is 39.4 Å². The molecule has 0 spiro atoms. The first-order valence-electron chi connectivity index (χ1n) is 17.3. The number of likely N-dealkylation sites (tertiary alicyclic amines) is 1. The number of amides is 4. The molecule has 3 aliphatic carbocycles. The number of carbonyl (C=O) groups excluding carboxylic acids is 5. The third-order valence-corrected chi connectivity index (χ3v) is 12.5. The van der Waals surface area contributed by atoms with E-state index in [4.69, 9.17) is 5.73 Å². The Balaban J connectivity index is 1.39. The van der Waals surface area contributed by atoms with Gasteiger partial charge in [0.2, 0.25) is 33.5 Å². The third-order valence-electron chi connectivity index (χ3n) is 11.0. The van der Waals surface area contributed by atoms with Crippen molar-refractivity contribution in [3.8, 4) is 0 Å². The quantitative estimate of drug-likeness (QED) is 0.230. The van der Waals surface area contributed by atoms with Crippen LogP contribution in [0, 0.1) is 34.5 Å². The summed E-state index contributed by atoms with van der Waals surface area (Å²) in [5, 5.41) is 5.68. The Morgan fingerprint density at radius 1 is 0.958 bits per heavy atom. The number of primary amides is 1. The molecule has 0 radical (unpaired) electrons. The number of hydrogen-bond acceptors (Lipinski definition) is 7. The predicted molar refractivity (Wildman–Crippen MR) is 178 cm³/mol. The Hall–Kier alpha value is -3.32. The van der Waals surface area contributed by atoms with Crippen LogP contribution in [0.25, 0.3) is 0 Å². The zero-order chi connectivity index (χ0) is 35.2. The van der Waals surface area contributed by atoms with Crippen LogP contribution in [0.5, 0.6) is 0 Å². The van der Waals surface area contributed by atoms with Gasteiger partial charge in [0.25, 0.3) is 5.91 Å². The van der Waals surface area contributed by atoms with Crippen LogP contribution < -0.4 is 21.1 Å². The van der Waals surface area contributed by atoms with Gasteiger partial charge >= 0.3 is 0 Å². The van der Waals surface area contributed by atoms with Crippen LogP contribution in [0.15, 0.2) is 35.2 Å². The van der Waals surface area contributed by atoms with Crippen molar-refractivity contribution in [2.75, 3.05) is 6.54 Å². The van der Waals surface area contributed by atoms with Crippen molar-refractivity contribution in [3.05, 3.63) is 30.3 Å². The third kappa shape index (κ3) is 7.61. The lowest BCUT2D eigenvalue weighted by Crippen LogP contribution is -2.62. The van der Waals surface area contributed by atoms with E-state index in [9.17, 15) is 32.4 Å². The molecule has 1 aromatic carbocycles. The second-order valence-electron chi connectivity index (χ2n) is 16.0. The fourth-order valence-electron chi connectivity index (χ4n) is 7.87. The fraction of sp³-hybridized carbons (Fsp3) is 0.686. The van der Waals surface area contributed by atoms with E-state index in [0.29, 0.717) is 25.8 Å². The van der Waals surface area contributed by atoms with E-state index >= 15 is 0 Å². The molecular formula is C35H51N5O7S. The van der Waals surface area contributed by atoms with E-state index in [2.05, 4.69) is 15.4 Å². The summed E-state index contributed by atoms with van der Waals surface area (Å²) in [5.41, 5.74) is 4.29. The van der Waals surface area contributed by atoms with Gasteiger partial charge in [-0.05, 0) is 65.9 Å². The highest BCUT2D eigenvalue weighted by molar-refractivity contribution is 7.89. The van der Waals surface area contributed by atoms with Crippen LogP contribution in [0.3, 0.4) is 0 Å². The number of rotatable bonds is 13. The van der Waals surface area contributed by atoms with Gasteiger partial charge in [0.15, 0.2) is 0 Å². The van der Waals surface area contributed by atoms with Gasteiger partial charge in [-0.2, -0.15) is 4.72 Å². The molecule has 4 fully saturated rings. The first-order valence-corrected chi connectivity index (χ1v) is 18.7. The van der Waals surface area contributed by atoms with Crippen LogP contribution in [0.4, 0.5) is 0 Å². The van der Waals surface area contributed by atoms with Gasteiger partial charge < -0.3 is 21.3 Å². The molecule has 13 heteroatoms. The number of Topliss-reactive ketones (excluding diaryl/α,β-unsaturated/α-hetero) is 1. The maximum absolute atomic E-state index is 14.5. The number of nitrogens with one attached hydrogen (secondary N) is 3. The molecule has 0 aromatic heterocycles. The van der Waals surface area contributed by atoms with Gasteiger partial charge in [0, 0.05) is 6.54 Å². The number of nitrogens with two attached hydrogens (primary N) is 1. The van der Waals surface area contributed by atoms with Crippen molar-refractivity contribution < 1.29 is 32.4 Å². The molecule has 264 valence electrons. The lowest BCUT2D eigenvalue weighted by atomic mass is 9.82. The SMILES string of the molecule is CC(C)(C)[C@H](NC(=O)[C@@H](NS(=O)(=O)c1ccccc1)C1CCCCC1)C(=O)N1C[C@H]2[C@@H]([C@H]1C(=O)NC(CC1CC1)C(=O)C(N)=O)C2(C)C. The molecule has 4 amide bonds. The molecule has 5 rings (SSSR count). The van der Waals surface area contributed by atoms with Crippen LogP contribution in [0.1, 0.15) is 86.0 Å². The minimum atomic E-state index is -4.04. The van der Waals surface area contributed by atoms with Gasteiger partial charge in [-0.15, -0.1) is 0 Å². The normalized spacial score (nSPS) is 25.7. The van der Waals surface area contributed by atoms with Gasteiger partial charge in [-0.3, -0.25) is 24.0 Å². The molecule has 5 N–H and O–H groups in total. The van der Waals surface area contributed by atoms with E-state index < -0.39 is 69.0 Å². The van der Waals surface area contributed by atoms with Gasteiger partial charge in [0.05, 0.1) is 10.9 Å². The number of ketones is 1. The summed E-state index contributed by atoms with van der Waals surface area (Å²) in [6.45, 7) is 9.81. The zero-order valence-electron chi connectivity index (χ0n) is 28.7. The average molecular weight is 686 g/mol. The molecule has 1 aliphatic heterocycles.